The minimum Gasteiger partial charge on any atom is -0.396 e. The summed E-state index contributed by atoms with van der Waals surface area (Å²) in [7, 11) is 0. The number of rotatable bonds is 7. The monoisotopic (exact) mass is 228 g/mol. The van der Waals surface area contributed by atoms with E-state index in [0.29, 0.717) is 12.3 Å². The number of ketones is 1. The van der Waals surface area contributed by atoms with E-state index in [2.05, 4.69) is 0 Å². The fourth-order valence-corrected chi connectivity index (χ4v) is 3.13. The molecule has 2 N–H and O–H groups in total. The smallest absolute Gasteiger partial charge is 0.129 e. The van der Waals surface area contributed by atoms with Crippen molar-refractivity contribution in [2.24, 2.45) is 11.3 Å². The first kappa shape index (κ1) is 13.7. The summed E-state index contributed by atoms with van der Waals surface area (Å²) in [6, 6.07) is 0. The zero-order valence-electron chi connectivity index (χ0n) is 10.4. The number of carbonyl (C=O) groups is 1. The molecule has 0 spiro atoms. The van der Waals surface area contributed by atoms with Gasteiger partial charge in [-0.25, -0.2) is 0 Å². The molecule has 1 aliphatic rings. The quantitative estimate of drug-likeness (QED) is 0.699. The molecule has 0 bridgehead atoms. The molecule has 0 radical (unpaired) electrons. The van der Waals surface area contributed by atoms with Gasteiger partial charge < -0.3 is 15.0 Å². The van der Waals surface area contributed by atoms with Crippen LogP contribution in [-0.4, -0.2) is 28.7 Å². The summed E-state index contributed by atoms with van der Waals surface area (Å²) in [5, 5.41) is 18.8. The van der Waals surface area contributed by atoms with Gasteiger partial charge in [-0.05, 0) is 57.3 Å². The minimum absolute atomic E-state index is 0.0956. The van der Waals surface area contributed by atoms with Crippen LogP contribution in [0.4, 0.5) is 0 Å². The highest BCUT2D eigenvalue weighted by Crippen LogP contribution is 2.54. The van der Waals surface area contributed by atoms with E-state index in [0.717, 1.165) is 32.1 Å². The zero-order chi connectivity index (χ0) is 12.2. The van der Waals surface area contributed by atoms with Crippen molar-refractivity contribution in [1.29, 1.82) is 0 Å². The molecule has 0 aromatic carbocycles. The Kier molecular flexibility index (Phi) is 4.93. The van der Waals surface area contributed by atoms with Crippen molar-refractivity contribution in [2.45, 2.75) is 58.5 Å². The SMILES string of the molecule is CC(=O)CCC[C@]1(CCO)CC[C@H]1C(C)O. The second-order valence-corrected chi connectivity index (χ2v) is 5.28. The van der Waals surface area contributed by atoms with Gasteiger partial charge in [0.15, 0.2) is 0 Å². The zero-order valence-corrected chi connectivity index (χ0v) is 10.4. The maximum absolute atomic E-state index is 10.9. The third-order valence-corrected chi connectivity index (χ3v) is 4.14. The Morgan fingerprint density at radius 2 is 2.19 bits per heavy atom. The van der Waals surface area contributed by atoms with Gasteiger partial charge >= 0.3 is 0 Å². The van der Waals surface area contributed by atoms with E-state index in [4.69, 9.17) is 5.11 Å². The van der Waals surface area contributed by atoms with E-state index in [1.165, 1.54) is 0 Å². The third kappa shape index (κ3) is 3.05. The van der Waals surface area contributed by atoms with Crippen molar-refractivity contribution in [2.75, 3.05) is 6.61 Å². The summed E-state index contributed by atoms with van der Waals surface area (Å²) < 4.78 is 0. The molecule has 1 fully saturated rings. The van der Waals surface area contributed by atoms with Crippen LogP contribution in [0.3, 0.4) is 0 Å². The second-order valence-electron chi connectivity index (χ2n) is 5.28. The molecular formula is C13H24O3. The Bertz CT molecular complexity index is 237. The predicted molar refractivity (Wildman–Crippen MR) is 63.1 cm³/mol. The van der Waals surface area contributed by atoms with E-state index in [-0.39, 0.29) is 23.9 Å². The highest BCUT2D eigenvalue weighted by molar-refractivity contribution is 5.75. The lowest BCUT2D eigenvalue weighted by Gasteiger charge is -2.51. The largest absolute Gasteiger partial charge is 0.396 e. The second kappa shape index (κ2) is 5.78. The van der Waals surface area contributed by atoms with Crippen LogP contribution in [0.5, 0.6) is 0 Å². The average molecular weight is 228 g/mol. The van der Waals surface area contributed by atoms with E-state index in [1.807, 2.05) is 6.92 Å². The summed E-state index contributed by atoms with van der Waals surface area (Å²) in [5.74, 6) is 0.540. The Morgan fingerprint density at radius 1 is 1.50 bits per heavy atom. The molecule has 0 heterocycles. The normalized spacial score (nSPS) is 30.9. The first-order valence-corrected chi connectivity index (χ1v) is 6.30. The molecule has 3 heteroatoms. The van der Waals surface area contributed by atoms with Crippen LogP contribution in [0, 0.1) is 11.3 Å². The molecule has 0 aromatic heterocycles. The number of hydrogen-bond acceptors (Lipinski definition) is 3. The summed E-state index contributed by atoms with van der Waals surface area (Å²) in [5.41, 5.74) is 0.0956. The molecule has 1 rings (SSSR count). The summed E-state index contributed by atoms with van der Waals surface area (Å²) in [6.45, 7) is 3.63. The van der Waals surface area contributed by atoms with Crippen LogP contribution in [0.1, 0.15) is 52.4 Å². The van der Waals surface area contributed by atoms with Gasteiger partial charge in [-0.1, -0.05) is 0 Å². The van der Waals surface area contributed by atoms with Crippen molar-refractivity contribution in [3.8, 4) is 0 Å². The van der Waals surface area contributed by atoms with Crippen LogP contribution >= 0.6 is 0 Å². The number of carbonyl (C=O) groups excluding carboxylic acids is 1. The number of aliphatic hydroxyl groups excluding tert-OH is 2. The van der Waals surface area contributed by atoms with Crippen molar-refractivity contribution in [3.63, 3.8) is 0 Å². The molecule has 94 valence electrons. The molecule has 16 heavy (non-hydrogen) atoms. The molecule has 1 unspecified atom stereocenters. The Morgan fingerprint density at radius 3 is 2.56 bits per heavy atom. The predicted octanol–water partition coefficient (Wildman–Crippen LogP) is 1.91. The molecule has 0 amide bonds. The molecular weight excluding hydrogens is 204 g/mol. The lowest BCUT2D eigenvalue weighted by Crippen LogP contribution is -2.46. The van der Waals surface area contributed by atoms with Gasteiger partial charge in [-0.15, -0.1) is 0 Å². The maximum Gasteiger partial charge on any atom is 0.129 e. The third-order valence-electron chi connectivity index (χ3n) is 4.14. The molecule has 0 aromatic rings. The average Bonchev–Trinajstić information content (AvgIpc) is 2.13. The van der Waals surface area contributed by atoms with Crippen molar-refractivity contribution >= 4 is 5.78 Å². The number of Topliss-reactive ketones (excluding diaryl/α,β-unsaturated/α-hetero) is 1. The Balaban J connectivity index is 2.49. The molecule has 3 atom stereocenters. The van der Waals surface area contributed by atoms with Crippen LogP contribution in [0.2, 0.25) is 0 Å². The highest BCUT2D eigenvalue weighted by Gasteiger charge is 2.47. The molecule has 0 saturated heterocycles. The van der Waals surface area contributed by atoms with E-state index < -0.39 is 0 Å². The van der Waals surface area contributed by atoms with Gasteiger partial charge in [0, 0.05) is 13.0 Å². The van der Waals surface area contributed by atoms with Crippen molar-refractivity contribution < 1.29 is 15.0 Å². The molecule has 3 nitrogen and oxygen atoms in total. The van der Waals surface area contributed by atoms with Crippen LogP contribution in [-0.2, 0) is 4.79 Å². The number of aliphatic hydroxyl groups is 2. The minimum atomic E-state index is -0.294. The summed E-state index contributed by atoms with van der Waals surface area (Å²) >= 11 is 0. The molecule has 1 saturated carbocycles. The van der Waals surface area contributed by atoms with Gasteiger partial charge in [0.1, 0.15) is 5.78 Å². The molecule has 0 aliphatic heterocycles. The van der Waals surface area contributed by atoms with Crippen molar-refractivity contribution in [1.82, 2.24) is 0 Å². The fourth-order valence-electron chi connectivity index (χ4n) is 3.13. The van der Waals surface area contributed by atoms with Crippen LogP contribution < -0.4 is 0 Å². The highest BCUT2D eigenvalue weighted by atomic mass is 16.3. The van der Waals surface area contributed by atoms with E-state index >= 15 is 0 Å². The summed E-state index contributed by atoms with van der Waals surface area (Å²) in [4.78, 5) is 10.9. The van der Waals surface area contributed by atoms with Gasteiger partial charge in [0.05, 0.1) is 6.10 Å². The first-order valence-electron chi connectivity index (χ1n) is 6.30. The van der Waals surface area contributed by atoms with E-state index in [1.54, 1.807) is 6.92 Å². The topological polar surface area (TPSA) is 57.5 Å². The Hall–Kier alpha value is -0.410. The molecule has 1 aliphatic carbocycles. The van der Waals surface area contributed by atoms with E-state index in [9.17, 15) is 9.90 Å². The number of hydrogen-bond donors (Lipinski definition) is 2. The van der Waals surface area contributed by atoms with Gasteiger partial charge in [0.25, 0.3) is 0 Å². The van der Waals surface area contributed by atoms with Crippen LogP contribution in [0.15, 0.2) is 0 Å². The van der Waals surface area contributed by atoms with Crippen LogP contribution in [0.25, 0.3) is 0 Å². The van der Waals surface area contributed by atoms with Crippen molar-refractivity contribution in [3.05, 3.63) is 0 Å². The van der Waals surface area contributed by atoms with Gasteiger partial charge in [-0.3, -0.25) is 0 Å². The van der Waals surface area contributed by atoms with Gasteiger partial charge in [-0.2, -0.15) is 0 Å². The first-order chi connectivity index (χ1) is 7.52. The lowest BCUT2D eigenvalue weighted by molar-refractivity contribution is -0.117. The Labute approximate surface area is 97.9 Å². The van der Waals surface area contributed by atoms with Gasteiger partial charge in [0.2, 0.25) is 0 Å². The summed E-state index contributed by atoms with van der Waals surface area (Å²) in [6.07, 6.45) is 5.08. The standard InChI is InChI=1S/C13H24O3/c1-10(15)4-3-6-13(8-9-14)7-5-12(13)11(2)16/h11-12,14,16H,3-9H2,1-2H3/t11?,12-,13+/m0/s1. The lowest BCUT2D eigenvalue weighted by atomic mass is 9.54. The fraction of sp³-hybridized carbons (Fsp3) is 0.923. The maximum atomic E-state index is 10.9.